The van der Waals surface area contributed by atoms with Crippen LogP contribution < -0.4 is 9.64 Å². The molecule has 0 bridgehead atoms. The first-order chi connectivity index (χ1) is 15.6. The van der Waals surface area contributed by atoms with Gasteiger partial charge >= 0.3 is 0 Å². The second kappa shape index (κ2) is 8.17. The molecule has 0 aliphatic carbocycles. The average Bonchev–Trinajstić information content (AvgIpc) is 3.29. The van der Waals surface area contributed by atoms with Gasteiger partial charge < -0.3 is 9.64 Å². The Balaban J connectivity index is 1.37. The normalized spacial score (nSPS) is 15.2. The molecule has 0 amide bonds. The standard InChI is InChI=1S/C21H21N7O3S/c1-31-17-7-9-18(10-8-17)32(29,30)27-13-11-26(12-14-27)20-19-21(23-15-22-20)28(25-24-19)16-5-3-2-4-6-16/h2-10,15H,11-14H2,1H3. The van der Waals surface area contributed by atoms with E-state index in [1.807, 2.05) is 35.2 Å². The lowest BCUT2D eigenvalue weighted by molar-refractivity contribution is 0.384. The predicted molar refractivity (Wildman–Crippen MR) is 118 cm³/mol. The van der Waals surface area contributed by atoms with E-state index in [9.17, 15) is 8.42 Å². The Bertz CT molecular complexity index is 1330. The third-order valence-corrected chi connectivity index (χ3v) is 7.37. The predicted octanol–water partition coefficient (Wildman–Crippen LogP) is 1.73. The first-order valence-electron chi connectivity index (χ1n) is 10.1. The summed E-state index contributed by atoms with van der Waals surface area (Å²) in [4.78, 5) is 11.1. The number of nitrogens with zero attached hydrogens (tertiary/aromatic N) is 7. The zero-order valence-electron chi connectivity index (χ0n) is 17.4. The van der Waals surface area contributed by atoms with Crippen LogP contribution in [0.15, 0.2) is 65.8 Å². The van der Waals surface area contributed by atoms with Gasteiger partial charge in [0.2, 0.25) is 10.0 Å². The highest BCUT2D eigenvalue weighted by Gasteiger charge is 2.30. The highest BCUT2D eigenvalue weighted by Crippen LogP contribution is 2.25. The summed E-state index contributed by atoms with van der Waals surface area (Å²) in [7, 11) is -2.03. The molecule has 1 aliphatic heterocycles. The Kier molecular flexibility index (Phi) is 5.19. The van der Waals surface area contributed by atoms with Gasteiger partial charge in [0.25, 0.3) is 0 Å². The zero-order chi connectivity index (χ0) is 22.1. The van der Waals surface area contributed by atoms with Gasteiger partial charge in [-0.05, 0) is 36.4 Å². The average molecular weight is 452 g/mol. The lowest BCUT2D eigenvalue weighted by atomic mass is 10.3. The second-order valence-electron chi connectivity index (χ2n) is 7.27. The molecule has 2 aromatic carbocycles. The Morgan fingerprint density at radius 2 is 1.62 bits per heavy atom. The molecule has 3 heterocycles. The highest BCUT2D eigenvalue weighted by atomic mass is 32.2. The van der Waals surface area contributed by atoms with Crippen molar-refractivity contribution >= 4 is 27.0 Å². The zero-order valence-corrected chi connectivity index (χ0v) is 18.2. The first-order valence-corrected chi connectivity index (χ1v) is 11.5. The van der Waals surface area contributed by atoms with Crippen LogP contribution in [0.5, 0.6) is 5.75 Å². The van der Waals surface area contributed by atoms with E-state index in [-0.39, 0.29) is 4.90 Å². The van der Waals surface area contributed by atoms with Crippen LogP contribution in [-0.4, -0.2) is 71.0 Å². The lowest BCUT2D eigenvalue weighted by Crippen LogP contribution is -2.49. The number of rotatable bonds is 5. The van der Waals surface area contributed by atoms with E-state index >= 15 is 0 Å². The van der Waals surface area contributed by atoms with Crippen LogP contribution in [0.4, 0.5) is 5.82 Å². The minimum atomic E-state index is -3.58. The minimum absolute atomic E-state index is 0.252. The number of hydrogen-bond donors (Lipinski definition) is 0. The molecule has 0 saturated carbocycles. The number of benzene rings is 2. The van der Waals surface area contributed by atoms with Gasteiger partial charge in [0, 0.05) is 26.2 Å². The Hall–Kier alpha value is -3.57. The van der Waals surface area contributed by atoms with Crippen LogP contribution in [0.2, 0.25) is 0 Å². The molecular formula is C21H21N7O3S. The van der Waals surface area contributed by atoms with Crippen LogP contribution in [0, 0.1) is 0 Å². The maximum absolute atomic E-state index is 13.0. The van der Waals surface area contributed by atoms with E-state index in [4.69, 9.17) is 4.74 Å². The SMILES string of the molecule is COc1ccc(S(=O)(=O)N2CCN(c3ncnc4c3nnn4-c3ccccc3)CC2)cc1. The van der Waals surface area contributed by atoms with Crippen LogP contribution >= 0.6 is 0 Å². The molecule has 1 aliphatic rings. The number of methoxy groups -OCH3 is 1. The number of hydrogen-bond acceptors (Lipinski definition) is 8. The van der Waals surface area contributed by atoms with Crippen molar-refractivity contribution in [1.82, 2.24) is 29.3 Å². The van der Waals surface area contributed by atoms with Crippen molar-refractivity contribution in [3.05, 3.63) is 60.9 Å². The molecule has 0 N–H and O–H groups in total. The first kappa shape index (κ1) is 20.3. The number of piperazine rings is 1. The molecule has 1 saturated heterocycles. The quantitative estimate of drug-likeness (QED) is 0.452. The van der Waals surface area contributed by atoms with E-state index in [2.05, 4.69) is 20.3 Å². The summed E-state index contributed by atoms with van der Waals surface area (Å²) in [6.45, 7) is 1.65. The van der Waals surface area contributed by atoms with Gasteiger partial charge in [0.15, 0.2) is 17.0 Å². The maximum atomic E-state index is 13.0. The highest BCUT2D eigenvalue weighted by molar-refractivity contribution is 7.89. The largest absolute Gasteiger partial charge is 0.497 e. The van der Waals surface area contributed by atoms with Gasteiger partial charge in [-0.1, -0.05) is 23.4 Å². The van der Waals surface area contributed by atoms with Crippen molar-refractivity contribution in [1.29, 1.82) is 0 Å². The molecule has 10 nitrogen and oxygen atoms in total. The van der Waals surface area contributed by atoms with Crippen molar-refractivity contribution in [2.24, 2.45) is 0 Å². The molecule has 0 atom stereocenters. The summed E-state index contributed by atoms with van der Waals surface area (Å²) >= 11 is 0. The molecule has 2 aromatic heterocycles. The fourth-order valence-electron chi connectivity index (χ4n) is 3.75. The monoisotopic (exact) mass is 451 g/mol. The van der Waals surface area contributed by atoms with Crippen LogP contribution in [-0.2, 0) is 10.0 Å². The Morgan fingerprint density at radius 1 is 0.906 bits per heavy atom. The number of ether oxygens (including phenoxy) is 1. The fourth-order valence-corrected chi connectivity index (χ4v) is 5.17. The van der Waals surface area contributed by atoms with E-state index in [1.54, 1.807) is 36.1 Å². The van der Waals surface area contributed by atoms with Gasteiger partial charge in [-0.3, -0.25) is 0 Å². The van der Waals surface area contributed by atoms with Crippen LogP contribution in [0.1, 0.15) is 0 Å². The number of para-hydroxylation sites is 1. The van der Waals surface area contributed by atoms with Crippen LogP contribution in [0.3, 0.4) is 0 Å². The third kappa shape index (κ3) is 3.55. The molecule has 0 radical (unpaired) electrons. The van der Waals surface area contributed by atoms with Gasteiger partial charge in [0.05, 0.1) is 17.7 Å². The molecular weight excluding hydrogens is 430 g/mol. The summed E-state index contributed by atoms with van der Waals surface area (Å²) in [5, 5.41) is 8.55. The van der Waals surface area contributed by atoms with E-state index < -0.39 is 10.0 Å². The van der Waals surface area contributed by atoms with Gasteiger partial charge in [-0.15, -0.1) is 5.10 Å². The van der Waals surface area contributed by atoms with Crippen molar-refractivity contribution in [3.63, 3.8) is 0 Å². The second-order valence-corrected chi connectivity index (χ2v) is 9.21. The summed E-state index contributed by atoms with van der Waals surface area (Å²) in [6.07, 6.45) is 1.49. The summed E-state index contributed by atoms with van der Waals surface area (Å²) in [5.41, 5.74) is 2.05. The smallest absolute Gasteiger partial charge is 0.243 e. The summed E-state index contributed by atoms with van der Waals surface area (Å²) in [5.74, 6) is 1.27. The van der Waals surface area contributed by atoms with Crippen LogP contribution in [0.25, 0.3) is 16.9 Å². The molecule has 0 unspecified atom stereocenters. The number of fused-ring (bicyclic) bond motifs is 1. The molecule has 4 aromatic rings. The molecule has 32 heavy (non-hydrogen) atoms. The van der Waals surface area contributed by atoms with Gasteiger partial charge in [-0.25, -0.2) is 18.4 Å². The molecule has 11 heteroatoms. The Morgan fingerprint density at radius 3 is 2.31 bits per heavy atom. The van der Waals surface area contributed by atoms with Gasteiger partial charge in [-0.2, -0.15) is 8.99 Å². The maximum Gasteiger partial charge on any atom is 0.243 e. The van der Waals surface area contributed by atoms with E-state index in [0.717, 1.165) is 5.69 Å². The number of sulfonamides is 1. The summed E-state index contributed by atoms with van der Waals surface area (Å²) in [6, 6.07) is 16.1. The van der Waals surface area contributed by atoms with Crippen molar-refractivity contribution in [2.75, 3.05) is 38.2 Å². The summed E-state index contributed by atoms with van der Waals surface area (Å²) < 4.78 is 34.3. The molecule has 0 spiro atoms. The minimum Gasteiger partial charge on any atom is -0.497 e. The fraction of sp³-hybridized carbons (Fsp3) is 0.238. The van der Waals surface area contributed by atoms with E-state index in [0.29, 0.717) is 48.9 Å². The molecule has 5 rings (SSSR count). The van der Waals surface area contributed by atoms with Crippen molar-refractivity contribution < 1.29 is 13.2 Å². The molecule has 164 valence electrons. The number of anilines is 1. The Labute approximate surface area is 185 Å². The van der Waals surface area contributed by atoms with Gasteiger partial charge in [0.1, 0.15) is 12.1 Å². The number of aromatic nitrogens is 5. The third-order valence-electron chi connectivity index (χ3n) is 5.45. The topological polar surface area (TPSA) is 106 Å². The van der Waals surface area contributed by atoms with E-state index in [1.165, 1.54) is 10.6 Å². The lowest BCUT2D eigenvalue weighted by Gasteiger charge is -2.34. The molecule has 1 fully saturated rings. The van der Waals surface area contributed by atoms with Crippen molar-refractivity contribution in [2.45, 2.75) is 4.90 Å². The van der Waals surface area contributed by atoms with Crippen molar-refractivity contribution in [3.8, 4) is 11.4 Å².